The van der Waals surface area contributed by atoms with Gasteiger partial charge in [0.2, 0.25) is 15.9 Å². The first-order valence-electron chi connectivity index (χ1n) is 9.32. The van der Waals surface area contributed by atoms with E-state index >= 15 is 0 Å². The van der Waals surface area contributed by atoms with E-state index < -0.39 is 27.3 Å². The predicted octanol–water partition coefficient (Wildman–Crippen LogP) is 0.233. The smallest absolute Gasteiger partial charge is 0.252 e. The third kappa shape index (κ3) is 3.14. The molecule has 2 heterocycles. The first kappa shape index (κ1) is 19.7. The zero-order valence-corrected chi connectivity index (χ0v) is 16.8. The zero-order valence-electron chi connectivity index (χ0n) is 16.0. The molecule has 2 atom stereocenters. The van der Waals surface area contributed by atoms with E-state index in [-0.39, 0.29) is 36.9 Å². The summed E-state index contributed by atoms with van der Waals surface area (Å²) >= 11 is 0. The Morgan fingerprint density at radius 2 is 1.83 bits per heavy atom. The Balaban J connectivity index is 1.76. The minimum Gasteiger partial charge on any atom is -0.492 e. The number of amides is 2. The molecule has 1 saturated heterocycles. The maximum atomic E-state index is 12.7. The van der Waals surface area contributed by atoms with E-state index in [2.05, 4.69) is 0 Å². The van der Waals surface area contributed by atoms with Crippen LogP contribution in [0.2, 0.25) is 0 Å². The van der Waals surface area contributed by atoms with Gasteiger partial charge in [-0.3, -0.25) is 9.59 Å². The minimum atomic E-state index is -3.36. The molecule has 2 aliphatic heterocycles. The van der Waals surface area contributed by atoms with Crippen LogP contribution in [0.5, 0.6) is 0 Å². The molecule has 0 radical (unpaired) electrons. The molecule has 1 aromatic carbocycles. The van der Waals surface area contributed by atoms with E-state index in [0.717, 1.165) is 17.4 Å². The Bertz CT molecular complexity index is 1040. The van der Waals surface area contributed by atoms with E-state index in [0.29, 0.717) is 12.4 Å². The van der Waals surface area contributed by atoms with Gasteiger partial charge in [0.15, 0.2) is 0 Å². The quantitative estimate of drug-likeness (QED) is 0.708. The highest BCUT2D eigenvalue weighted by molar-refractivity contribution is 7.88. The molecule has 2 amide bonds. The molecule has 154 valence electrons. The fourth-order valence-corrected chi connectivity index (χ4v) is 5.39. The van der Waals surface area contributed by atoms with Crippen molar-refractivity contribution in [1.29, 1.82) is 0 Å². The van der Waals surface area contributed by atoms with Crippen LogP contribution in [0.15, 0.2) is 53.3 Å². The number of rotatable bonds is 5. The average Bonchev–Trinajstić information content (AvgIpc) is 3.02. The highest BCUT2D eigenvalue weighted by Gasteiger charge is 2.54. The van der Waals surface area contributed by atoms with Crippen molar-refractivity contribution < 1.29 is 22.7 Å². The van der Waals surface area contributed by atoms with Gasteiger partial charge in [-0.05, 0) is 17.6 Å². The molecule has 0 spiro atoms. The summed E-state index contributed by atoms with van der Waals surface area (Å²) in [6.45, 7) is 0.682. The molecule has 1 aliphatic carbocycles. The summed E-state index contributed by atoms with van der Waals surface area (Å²) < 4.78 is 30.7. The van der Waals surface area contributed by atoms with Gasteiger partial charge >= 0.3 is 0 Å². The van der Waals surface area contributed by atoms with Crippen LogP contribution < -0.4 is 11.5 Å². The highest BCUT2D eigenvalue weighted by Crippen LogP contribution is 2.52. The summed E-state index contributed by atoms with van der Waals surface area (Å²) in [5.74, 6) is -1.34. The number of carbonyl (C=O) groups is 2. The van der Waals surface area contributed by atoms with Gasteiger partial charge in [0.25, 0.3) is 5.91 Å². The third-order valence-corrected chi connectivity index (χ3v) is 7.44. The Morgan fingerprint density at radius 1 is 1.17 bits per heavy atom. The van der Waals surface area contributed by atoms with E-state index in [9.17, 15) is 18.0 Å². The van der Waals surface area contributed by atoms with Crippen molar-refractivity contribution in [1.82, 2.24) is 4.31 Å². The van der Waals surface area contributed by atoms with E-state index in [1.165, 1.54) is 10.4 Å². The molecular formula is C20H23N3O5S. The molecule has 9 heteroatoms. The largest absolute Gasteiger partial charge is 0.492 e. The van der Waals surface area contributed by atoms with Crippen molar-refractivity contribution >= 4 is 21.8 Å². The number of hydrogen-bond acceptors (Lipinski definition) is 5. The van der Waals surface area contributed by atoms with Crippen molar-refractivity contribution in [3.63, 3.8) is 0 Å². The average molecular weight is 417 g/mol. The fraction of sp³-hybridized carbons (Fsp3) is 0.400. The number of primary amides is 2. The molecule has 8 nitrogen and oxygen atoms in total. The number of benzene rings is 1. The Morgan fingerprint density at radius 3 is 2.38 bits per heavy atom. The summed E-state index contributed by atoms with van der Waals surface area (Å²) in [6, 6.07) is 9.67. The topological polar surface area (TPSA) is 133 Å². The van der Waals surface area contributed by atoms with Gasteiger partial charge in [-0.2, -0.15) is 0 Å². The van der Waals surface area contributed by atoms with Crippen molar-refractivity contribution in [3.05, 3.63) is 58.9 Å². The summed E-state index contributed by atoms with van der Waals surface area (Å²) in [7, 11) is -3.36. The molecule has 1 fully saturated rings. The number of ether oxygens (including phenoxy) is 1. The van der Waals surface area contributed by atoms with E-state index in [1.807, 2.05) is 30.3 Å². The SMILES string of the molecule is CS(=O)(=O)N1CC(C2(C(N)=O)C=C(C(N)=O)C3=C(C2)C(c2ccccc2)CO3)C1. The minimum absolute atomic E-state index is 0.126. The second-order valence-corrected chi connectivity index (χ2v) is 9.89. The molecule has 4 rings (SSSR count). The van der Waals surface area contributed by atoms with Gasteiger partial charge in [-0.1, -0.05) is 36.4 Å². The van der Waals surface area contributed by atoms with Gasteiger partial charge in [0.1, 0.15) is 5.76 Å². The molecule has 0 aromatic heterocycles. The maximum absolute atomic E-state index is 12.7. The van der Waals surface area contributed by atoms with Crippen molar-refractivity contribution in [3.8, 4) is 0 Å². The van der Waals surface area contributed by atoms with E-state index in [4.69, 9.17) is 16.2 Å². The predicted molar refractivity (Wildman–Crippen MR) is 106 cm³/mol. The monoisotopic (exact) mass is 417 g/mol. The highest BCUT2D eigenvalue weighted by atomic mass is 32.2. The fourth-order valence-electron chi connectivity index (χ4n) is 4.48. The molecule has 0 bridgehead atoms. The van der Waals surface area contributed by atoms with Crippen LogP contribution in [0, 0.1) is 11.3 Å². The Kier molecular flexibility index (Phi) is 4.54. The van der Waals surface area contributed by atoms with Gasteiger partial charge in [-0.15, -0.1) is 0 Å². The number of nitrogens with two attached hydrogens (primary N) is 2. The lowest BCUT2D eigenvalue weighted by atomic mass is 9.63. The van der Waals surface area contributed by atoms with Crippen LogP contribution in [-0.4, -0.2) is 50.5 Å². The van der Waals surface area contributed by atoms with Gasteiger partial charge in [0, 0.05) is 24.9 Å². The van der Waals surface area contributed by atoms with Gasteiger partial charge in [0.05, 0.1) is 23.9 Å². The molecule has 0 saturated carbocycles. The summed E-state index contributed by atoms with van der Waals surface area (Å²) in [5.41, 5.74) is 12.2. The lowest BCUT2D eigenvalue weighted by molar-refractivity contribution is -0.130. The normalized spacial score (nSPS) is 27.6. The molecule has 1 aromatic rings. The number of carbonyl (C=O) groups excluding carboxylic acids is 2. The van der Waals surface area contributed by atoms with E-state index in [1.54, 1.807) is 0 Å². The second-order valence-electron chi connectivity index (χ2n) is 7.91. The van der Waals surface area contributed by atoms with Crippen LogP contribution in [0.3, 0.4) is 0 Å². The Hall–Kier alpha value is -2.65. The third-order valence-electron chi connectivity index (χ3n) is 6.21. The standard InChI is InChI=1S/C20H23N3O5S/c1-29(26,27)23-9-13(10-23)20(19(22)25)7-14-16(12-5-3-2-4-6-12)11-28-17(14)15(8-20)18(21)24/h2-6,8,13,16H,7,9-11H2,1H3,(H2,21,24)(H2,22,25). The zero-order chi connectivity index (χ0) is 21.0. The number of hydrogen-bond donors (Lipinski definition) is 2. The summed E-state index contributed by atoms with van der Waals surface area (Å²) in [5, 5.41) is 0. The van der Waals surface area contributed by atoms with Crippen LogP contribution in [0.4, 0.5) is 0 Å². The van der Waals surface area contributed by atoms with Crippen LogP contribution in [-0.2, 0) is 24.3 Å². The summed E-state index contributed by atoms with van der Waals surface area (Å²) in [6.07, 6.45) is 2.91. The van der Waals surface area contributed by atoms with Crippen molar-refractivity contribution in [2.24, 2.45) is 22.8 Å². The molecule has 3 aliphatic rings. The lowest BCUT2D eigenvalue weighted by Gasteiger charge is -2.48. The van der Waals surface area contributed by atoms with Gasteiger partial charge < -0.3 is 16.2 Å². The molecule has 4 N–H and O–H groups in total. The Labute approximate surface area is 169 Å². The molecule has 2 unspecified atom stereocenters. The van der Waals surface area contributed by atoms with Gasteiger partial charge in [-0.25, -0.2) is 12.7 Å². The maximum Gasteiger partial charge on any atom is 0.252 e. The summed E-state index contributed by atoms with van der Waals surface area (Å²) in [4.78, 5) is 24.8. The molecule has 29 heavy (non-hydrogen) atoms. The van der Waals surface area contributed by atoms with Crippen LogP contribution >= 0.6 is 0 Å². The second kappa shape index (κ2) is 6.70. The first-order chi connectivity index (χ1) is 13.6. The first-order valence-corrected chi connectivity index (χ1v) is 11.2. The van der Waals surface area contributed by atoms with Crippen LogP contribution in [0.25, 0.3) is 0 Å². The number of sulfonamides is 1. The van der Waals surface area contributed by atoms with Crippen LogP contribution in [0.1, 0.15) is 17.9 Å². The van der Waals surface area contributed by atoms with Crippen molar-refractivity contribution in [2.45, 2.75) is 12.3 Å². The molecular weight excluding hydrogens is 394 g/mol. The lowest BCUT2D eigenvalue weighted by Crippen LogP contribution is -2.60. The van der Waals surface area contributed by atoms with Crippen molar-refractivity contribution in [2.75, 3.05) is 26.0 Å². The number of nitrogens with zero attached hydrogens (tertiary/aromatic N) is 1.